The molecule has 0 fully saturated rings. The van der Waals surface area contributed by atoms with Gasteiger partial charge in [-0.3, -0.25) is 4.79 Å². The molecule has 2 aromatic heterocycles. The van der Waals surface area contributed by atoms with Gasteiger partial charge in [-0.1, -0.05) is 41.6 Å². The molecule has 0 atom stereocenters. The number of halogens is 1. The molecule has 0 aliphatic carbocycles. The summed E-state index contributed by atoms with van der Waals surface area (Å²) in [6, 6.07) is 7.71. The molecular formula is C15H15ClN6OS2. The molecule has 0 spiro atoms. The van der Waals surface area contributed by atoms with E-state index in [1.807, 2.05) is 24.3 Å². The van der Waals surface area contributed by atoms with Crippen LogP contribution in [0.15, 0.2) is 35.6 Å². The number of aryl methyl sites for hydroxylation is 1. The zero-order chi connectivity index (χ0) is 17.6. The van der Waals surface area contributed by atoms with E-state index < -0.39 is 0 Å². The Morgan fingerprint density at radius 2 is 2.24 bits per heavy atom. The van der Waals surface area contributed by atoms with Crippen LogP contribution in [0.2, 0.25) is 5.02 Å². The van der Waals surface area contributed by atoms with Crippen molar-refractivity contribution >= 4 is 45.7 Å². The first kappa shape index (κ1) is 17.8. The number of hydrogen-bond donors (Lipinski definition) is 1. The third kappa shape index (κ3) is 5.00. The van der Waals surface area contributed by atoms with E-state index in [-0.39, 0.29) is 5.91 Å². The summed E-state index contributed by atoms with van der Waals surface area (Å²) in [5, 5.41) is 16.0. The second kappa shape index (κ2) is 8.41. The minimum atomic E-state index is -0.0822. The lowest BCUT2D eigenvalue weighted by atomic mass is 10.1. The molecule has 3 rings (SSSR count). The van der Waals surface area contributed by atoms with Gasteiger partial charge in [0.25, 0.3) is 0 Å². The molecule has 130 valence electrons. The summed E-state index contributed by atoms with van der Waals surface area (Å²) in [6.45, 7) is 0. The van der Waals surface area contributed by atoms with Crippen LogP contribution in [0.25, 0.3) is 0 Å². The van der Waals surface area contributed by atoms with Crippen molar-refractivity contribution in [2.75, 3.05) is 11.1 Å². The molecule has 7 nitrogen and oxygen atoms in total. The number of carbonyl (C=O) groups is 1. The molecule has 2 heterocycles. The Balaban J connectivity index is 1.48. The van der Waals surface area contributed by atoms with Gasteiger partial charge in [0.15, 0.2) is 5.13 Å². The van der Waals surface area contributed by atoms with Gasteiger partial charge < -0.3 is 5.32 Å². The number of amides is 1. The highest BCUT2D eigenvalue weighted by molar-refractivity contribution is 7.99. The molecule has 1 N–H and O–H groups in total. The summed E-state index contributed by atoms with van der Waals surface area (Å²) >= 11 is 9.06. The standard InChI is InChI=1S/C15H15ClN6OS2/c1-22-15(19-20-21-22)24-7-6-13(23)18-14-17-9-11(25-14)8-10-4-2-3-5-12(10)16/h2-5,9H,6-8H2,1H3,(H,17,18,23). The summed E-state index contributed by atoms with van der Waals surface area (Å²) < 4.78 is 1.57. The van der Waals surface area contributed by atoms with Gasteiger partial charge in [-0.15, -0.1) is 16.4 Å². The molecule has 3 aromatic rings. The lowest BCUT2D eigenvalue weighted by Crippen LogP contribution is -2.12. The maximum absolute atomic E-state index is 12.0. The third-order valence-electron chi connectivity index (χ3n) is 3.26. The minimum absolute atomic E-state index is 0.0822. The quantitative estimate of drug-likeness (QED) is 0.620. The monoisotopic (exact) mass is 394 g/mol. The highest BCUT2D eigenvalue weighted by Gasteiger charge is 2.10. The van der Waals surface area contributed by atoms with Gasteiger partial charge in [0.05, 0.1) is 0 Å². The van der Waals surface area contributed by atoms with Crippen molar-refractivity contribution in [3.05, 3.63) is 45.9 Å². The van der Waals surface area contributed by atoms with Crippen LogP contribution < -0.4 is 5.32 Å². The SMILES string of the molecule is Cn1nnnc1SCCC(=O)Nc1ncc(Cc2ccccc2Cl)s1. The van der Waals surface area contributed by atoms with Crippen molar-refractivity contribution in [3.8, 4) is 0 Å². The Morgan fingerprint density at radius 3 is 3.00 bits per heavy atom. The van der Waals surface area contributed by atoms with Crippen molar-refractivity contribution in [2.24, 2.45) is 7.05 Å². The zero-order valence-electron chi connectivity index (χ0n) is 13.3. The number of hydrogen-bond acceptors (Lipinski definition) is 7. The van der Waals surface area contributed by atoms with Crippen LogP contribution >= 0.6 is 34.7 Å². The van der Waals surface area contributed by atoms with Crippen molar-refractivity contribution in [1.82, 2.24) is 25.2 Å². The van der Waals surface area contributed by atoms with Gasteiger partial charge in [0.2, 0.25) is 11.1 Å². The van der Waals surface area contributed by atoms with Crippen LogP contribution in [-0.2, 0) is 18.3 Å². The average molecular weight is 395 g/mol. The zero-order valence-corrected chi connectivity index (χ0v) is 15.7. The average Bonchev–Trinajstić information content (AvgIpc) is 3.19. The molecule has 1 aromatic carbocycles. The first-order chi connectivity index (χ1) is 12.1. The first-order valence-electron chi connectivity index (χ1n) is 7.45. The third-order valence-corrected chi connectivity index (χ3v) is 5.56. The van der Waals surface area contributed by atoms with Crippen molar-refractivity contribution in [2.45, 2.75) is 18.0 Å². The summed E-state index contributed by atoms with van der Waals surface area (Å²) in [5.41, 5.74) is 1.04. The van der Waals surface area contributed by atoms with E-state index in [1.165, 1.54) is 23.1 Å². The molecule has 0 aliphatic rings. The Bertz CT molecular complexity index is 865. The van der Waals surface area contributed by atoms with E-state index in [1.54, 1.807) is 17.9 Å². The second-order valence-electron chi connectivity index (χ2n) is 5.13. The van der Waals surface area contributed by atoms with E-state index in [0.29, 0.717) is 28.9 Å². The predicted octanol–water partition coefficient (Wildman–Crippen LogP) is 3.03. The first-order valence-corrected chi connectivity index (χ1v) is 9.63. The lowest BCUT2D eigenvalue weighted by molar-refractivity contribution is -0.115. The molecule has 0 saturated heterocycles. The predicted molar refractivity (Wildman–Crippen MR) is 99.1 cm³/mol. The number of thiazole rings is 1. The number of carbonyl (C=O) groups excluding carboxylic acids is 1. The highest BCUT2D eigenvalue weighted by atomic mass is 35.5. The van der Waals surface area contributed by atoms with Crippen LogP contribution in [0, 0.1) is 0 Å². The summed E-state index contributed by atoms with van der Waals surface area (Å²) in [6.07, 6.45) is 2.82. The summed E-state index contributed by atoms with van der Waals surface area (Å²) in [7, 11) is 1.76. The number of nitrogens with one attached hydrogen (secondary N) is 1. The van der Waals surface area contributed by atoms with Gasteiger partial charge in [0, 0.05) is 41.7 Å². The Labute approximate surface area is 157 Å². The fourth-order valence-electron chi connectivity index (χ4n) is 2.04. The fraction of sp³-hybridized carbons (Fsp3) is 0.267. The molecule has 1 amide bonds. The Kier molecular flexibility index (Phi) is 6.00. The number of anilines is 1. The number of benzene rings is 1. The van der Waals surface area contributed by atoms with Gasteiger partial charge in [-0.2, -0.15) is 0 Å². The van der Waals surface area contributed by atoms with E-state index in [9.17, 15) is 4.79 Å². The summed E-state index contributed by atoms with van der Waals surface area (Å²) in [5.74, 6) is 0.513. The number of thioether (sulfide) groups is 1. The smallest absolute Gasteiger partial charge is 0.226 e. The lowest BCUT2D eigenvalue weighted by Gasteiger charge is -2.02. The minimum Gasteiger partial charge on any atom is -0.302 e. The van der Waals surface area contributed by atoms with Crippen molar-refractivity contribution < 1.29 is 4.79 Å². The maximum atomic E-state index is 12.0. The molecule has 0 bridgehead atoms. The Hall–Kier alpha value is -1.97. The summed E-state index contributed by atoms with van der Waals surface area (Å²) in [4.78, 5) is 17.3. The van der Waals surface area contributed by atoms with Crippen molar-refractivity contribution in [3.63, 3.8) is 0 Å². The van der Waals surface area contributed by atoms with Gasteiger partial charge >= 0.3 is 0 Å². The van der Waals surface area contributed by atoms with Gasteiger partial charge in [0.1, 0.15) is 0 Å². The van der Waals surface area contributed by atoms with E-state index >= 15 is 0 Å². The van der Waals surface area contributed by atoms with Crippen molar-refractivity contribution in [1.29, 1.82) is 0 Å². The van der Waals surface area contributed by atoms with E-state index in [2.05, 4.69) is 25.8 Å². The van der Waals surface area contributed by atoms with Crippen LogP contribution in [0.3, 0.4) is 0 Å². The van der Waals surface area contributed by atoms with E-state index in [0.717, 1.165) is 15.5 Å². The second-order valence-corrected chi connectivity index (χ2v) is 7.72. The molecule has 0 radical (unpaired) electrons. The molecular weight excluding hydrogens is 380 g/mol. The largest absolute Gasteiger partial charge is 0.302 e. The Morgan fingerprint density at radius 1 is 1.40 bits per heavy atom. The molecule has 0 saturated carbocycles. The number of tetrazole rings is 1. The normalized spacial score (nSPS) is 10.8. The van der Waals surface area contributed by atoms with Gasteiger partial charge in [-0.25, -0.2) is 9.67 Å². The molecule has 0 unspecified atom stereocenters. The van der Waals surface area contributed by atoms with Gasteiger partial charge in [-0.05, 0) is 22.1 Å². The van der Waals surface area contributed by atoms with Crippen LogP contribution in [0.5, 0.6) is 0 Å². The molecule has 10 heteroatoms. The number of aromatic nitrogens is 5. The number of nitrogens with zero attached hydrogens (tertiary/aromatic N) is 5. The highest BCUT2D eigenvalue weighted by Crippen LogP contribution is 2.25. The maximum Gasteiger partial charge on any atom is 0.226 e. The van der Waals surface area contributed by atoms with Crippen LogP contribution in [-0.4, -0.2) is 36.9 Å². The molecule has 0 aliphatic heterocycles. The topological polar surface area (TPSA) is 85.6 Å². The molecule has 25 heavy (non-hydrogen) atoms. The fourth-order valence-corrected chi connectivity index (χ4v) is 3.88. The van der Waals surface area contributed by atoms with Crippen LogP contribution in [0.4, 0.5) is 5.13 Å². The van der Waals surface area contributed by atoms with Crippen LogP contribution in [0.1, 0.15) is 16.9 Å². The van der Waals surface area contributed by atoms with E-state index in [4.69, 9.17) is 11.6 Å². The number of rotatable bonds is 7.